The van der Waals surface area contributed by atoms with E-state index >= 15 is 0 Å². The molecule has 330 valence electrons. The second-order valence-electron chi connectivity index (χ2n) is 19.2. The second kappa shape index (κ2) is 15.6. The van der Waals surface area contributed by atoms with Crippen molar-refractivity contribution >= 4 is 71.6 Å². The lowest BCUT2D eigenvalue weighted by Gasteiger charge is -2.30. The van der Waals surface area contributed by atoms with Gasteiger partial charge in [0.1, 0.15) is 11.2 Å². The predicted octanol–water partition coefficient (Wildman–Crippen LogP) is 18.6. The summed E-state index contributed by atoms with van der Waals surface area (Å²) in [4.78, 5) is 2.47. The Morgan fingerprint density at radius 3 is 1.80 bits per heavy atom. The molecule has 2 heterocycles. The van der Waals surface area contributed by atoms with Crippen LogP contribution in [0.15, 0.2) is 247 Å². The van der Waals surface area contributed by atoms with Gasteiger partial charge in [-0.1, -0.05) is 190 Å². The van der Waals surface area contributed by atoms with Crippen LogP contribution < -0.4 is 4.90 Å². The van der Waals surface area contributed by atoms with Crippen molar-refractivity contribution in [2.75, 3.05) is 4.90 Å². The second-order valence-corrected chi connectivity index (χ2v) is 19.2. The first-order valence-electron chi connectivity index (χ1n) is 24.2. The summed E-state index contributed by atoms with van der Waals surface area (Å²) >= 11 is 0. The zero-order valence-corrected chi connectivity index (χ0v) is 38.9. The Labute approximate surface area is 406 Å². The van der Waals surface area contributed by atoms with E-state index in [9.17, 15) is 0 Å². The number of para-hydroxylation sites is 4. The van der Waals surface area contributed by atoms with Crippen molar-refractivity contribution in [3.63, 3.8) is 0 Å². The van der Waals surface area contributed by atoms with Gasteiger partial charge in [0, 0.05) is 49.5 Å². The Kier molecular flexibility index (Phi) is 8.93. The third-order valence-corrected chi connectivity index (χ3v) is 15.0. The lowest BCUT2D eigenvalue weighted by molar-refractivity contribution is 0.660. The molecule has 3 nitrogen and oxygen atoms in total. The smallest absolute Gasteiger partial charge is 0.145 e. The number of hydrogen-bond donors (Lipinski definition) is 0. The molecule has 1 aliphatic rings. The van der Waals surface area contributed by atoms with E-state index in [1.807, 2.05) is 0 Å². The highest BCUT2D eigenvalue weighted by Crippen LogP contribution is 2.52. The zero-order valence-electron chi connectivity index (χ0n) is 38.9. The van der Waals surface area contributed by atoms with E-state index in [1.54, 1.807) is 0 Å². The number of rotatable bonds is 7. The normalized spacial score (nSPS) is 12.8. The summed E-state index contributed by atoms with van der Waals surface area (Å²) in [6.45, 7) is 4.71. The summed E-state index contributed by atoms with van der Waals surface area (Å²) in [5.41, 5.74) is 20.3. The molecule has 3 heteroatoms. The van der Waals surface area contributed by atoms with E-state index in [0.717, 1.165) is 66.9 Å². The van der Waals surface area contributed by atoms with Gasteiger partial charge >= 0.3 is 0 Å². The Balaban J connectivity index is 1.01. The summed E-state index contributed by atoms with van der Waals surface area (Å²) in [5, 5.41) is 7.08. The van der Waals surface area contributed by atoms with Crippen molar-refractivity contribution in [3.05, 3.63) is 254 Å². The molecule has 14 rings (SSSR count). The van der Waals surface area contributed by atoms with Crippen LogP contribution in [0, 0.1) is 0 Å². The minimum atomic E-state index is -0.114. The molecular weight excluding hydrogens is 849 g/mol. The first kappa shape index (κ1) is 40.2. The third kappa shape index (κ3) is 6.08. The van der Waals surface area contributed by atoms with E-state index in [0.29, 0.717) is 0 Å². The van der Waals surface area contributed by atoms with Crippen LogP contribution >= 0.6 is 0 Å². The average molecular weight is 895 g/mol. The molecule has 70 heavy (non-hydrogen) atoms. The summed E-state index contributed by atoms with van der Waals surface area (Å²) in [5.74, 6) is 0. The molecule has 0 saturated carbocycles. The number of benzene rings is 11. The Hall–Kier alpha value is -8.92. The number of hydrogen-bond acceptors (Lipinski definition) is 2. The molecule has 0 atom stereocenters. The number of fused-ring (bicyclic) bond motifs is 10. The van der Waals surface area contributed by atoms with Gasteiger partial charge in [-0.15, -0.1) is 0 Å². The van der Waals surface area contributed by atoms with E-state index in [1.165, 1.54) is 66.0 Å². The quantitative estimate of drug-likeness (QED) is 0.159. The standard InChI is InChI=1S/C67H46N2O/c1-67(2)58-28-10-5-22-51(58)52-38-35-46(42-59(52)67)45-19-15-20-48(41-45)69(60-29-11-6-23-53(60)50-27-16-18-43-17-3-4-21-49(43)50)63-40-39-57-56-26-9-14-32-64(56)70-66(57)65(63)44-33-36-47(37-34-44)68-61-30-12-7-24-54(61)55-25-8-13-31-62(55)68/h3-42H,1-2H3. The van der Waals surface area contributed by atoms with E-state index in [2.05, 4.69) is 266 Å². The molecule has 0 N–H and O–H groups in total. The van der Waals surface area contributed by atoms with Gasteiger partial charge in [-0.25, -0.2) is 0 Å². The molecule has 0 radical (unpaired) electrons. The van der Waals surface area contributed by atoms with Crippen molar-refractivity contribution in [2.45, 2.75) is 19.3 Å². The van der Waals surface area contributed by atoms with Crippen LogP contribution in [0.4, 0.5) is 17.1 Å². The van der Waals surface area contributed by atoms with Crippen LogP contribution in [0.1, 0.15) is 25.0 Å². The summed E-state index contributed by atoms with van der Waals surface area (Å²) in [7, 11) is 0. The molecule has 0 spiro atoms. The van der Waals surface area contributed by atoms with Crippen molar-refractivity contribution in [1.82, 2.24) is 4.57 Å². The van der Waals surface area contributed by atoms with Gasteiger partial charge in [0.2, 0.25) is 0 Å². The molecule has 0 aliphatic heterocycles. The molecule has 0 amide bonds. The topological polar surface area (TPSA) is 21.3 Å². The first-order chi connectivity index (χ1) is 34.5. The highest BCUT2D eigenvalue weighted by molar-refractivity contribution is 6.14. The van der Waals surface area contributed by atoms with Crippen molar-refractivity contribution in [1.29, 1.82) is 0 Å². The molecule has 0 fully saturated rings. The number of aromatic nitrogens is 1. The SMILES string of the molecule is CC1(C)c2ccccc2-c2ccc(-c3cccc(N(c4ccccc4-c4cccc5ccccc45)c4ccc5c(oc6ccccc65)c4-c4ccc(-n5c6ccccc6c6ccccc65)cc4)c3)cc21. The third-order valence-electron chi connectivity index (χ3n) is 15.0. The fraction of sp³-hybridized carbons (Fsp3) is 0.0448. The number of furan rings is 1. The van der Waals surface area contributed by atoms with Gasteiger partial charge in [-0.05, 0) is 122 Å². The predicted molar refractivity (Wildman–Crippen MR) is 294 cm³/mol. The summed E-state index contributed by atoms with van der Waals surface area (Å²) in [6, 6.07) is 88.7. The largest absolute Gasteiger partial charge is 0.455 e. The fourth-order valence-corrected chi connectivity index (χ4v) is 11.7. The Bertz CT molecular complexity index is 4170. The average Bonchev–Trinajstić information content (AvgIpc) is 4.04. The minimum Gasteiger partial charge on any atom is -0.455 e. The van der Waals surface area contributed by atoms with Crippen LogP contribution in [-0.4, -0.2) is 4.57 Å². The van der Waals surface area contributed by atoms with Crippen LogP contribution in [0.2, 0.25) is 0 Å². The summed E-state index contributed by atoms with van der Waals surface area (Å²) < 4.78 is 9.42. The van der Waals surface area contributed by atoms with Crippen LogP contribution in [0.3, 0.4) is 0 Å². The zero-order chi connectivity index (χ0) is 46.5. The molecule has 0 saturated heterocycles. The van der Waals surface area contributed by atoms with Gasteiger partial charge in [-0.2, -0.15) is 0 Å². The lowest BCUT2D eigenvalue weighted by atomic mass is 9.81. The highest BCUT2D eigenvalue weighted by Gasteiger charge is 2.35. The molecule has 0 unspecified atom stereocenters. The highest BCUT2D eigenvalue weighted by atomic mass is 16.3. The van der Waals surface area contributed by atoms with Gasteiger partial charge < -0.3 is 13.9 Å². The molecule has 13 aromatic rings. The fourth-order valence-electron chi connectivity index (χ4n) is 11.7. The van der Waals surface area contributed by atoms with Gasteiger partial charge in [0.15, 0.2) is 0 Å². The first-order valence-corrected chi connectivity index (χ1v) is 24.2. The minimum absolute atomic E-state index is 0.114. The maximum atomic E-state index is 7.04. The van der Waals surface area contributed by atoms with Crippen LogP contribution in [0.5, 0.6) is 0 Å². The van der Waals surface area contributed by atoms with Gasteiger partial charge in [-0.3, -0.25) is 0 Å². The maximum absolute atomic E-state index is 7.04. The van der Waals surface area contributed by atoms with E-state index < -0.39 is 0 Å². The van der Waals surface area contributed by atoms with E-state index in [-0.39, 0.29) is 5.41 Å². The molecule has 1 aliphatic carbocycles. The van der Waals surface area contributed by atoms with Crippen molar-refractivity contribution < 1.29 is 4.42 Å². The maximum Gasteiger partial charge on any atom is 0.145 e. The van der Waals surface area contributed by atoms with Crippen LogP contribution in [0.25, 0.3) is 105 Å². The van der Waals surface area contributed by atoms with Gasteiger partial charge in [0.25, 0.3) is 0 Å². The van der Waals surface area contributed by atoms with Crippen molar-refractivity contribution in [3.8, 4) is 50.2 Å². The number of anilines is 3. The lowest BCUT2D eigenvalue weighted by Crippen LogP contribution is -2.15. The van der Waals surface area contributed by atoms with Crippen molar-refractivity contribution in [2.24, 2.45) is 0 Å². The summed E-state index contributed by atoms with van der Waals surface area (Å²) in [6.07, 6.45) is 0. The van der Waals surface area contributed by atoms with Gasteiger partial charge in [0.05, 0.1) is 22.4 Å². The van der Waals surface area contributed by atoms with Crippen LogP contribution in [-0.2, 0) is 5.41 Å². The Morgan fingerprint density at radius 2 is 0.986 bits per heavy atom. The monoisotopic (exact) mass is 894 g/mol. The molecular formula is C67H46N2O. The van der Waals surface area contributed by atoms with E-state index in [4.69, 9.17) is 4.42 Å². The molecule has 0 bridgehead atoms. The Morgan fingerprint density at radius 1 is 0.386 bits per heavy atom. The molecule has 11 aromatic carbocycles. The molecule has 2 aromatic heterocycles. The number of nitrogens with zero attached hydrogens (tertiary/aromatic N) is 2.